The molecule has 4 N–H and O–H groups in total. The third-order valence-corrected chi connectivity index (χ3v) is 3.59. The molecule has 5 nitrogen and oxygen atoms in total. The maximum Gasteiger partial charge on any atom is 0.163 e. The zero-order valence-electron chi connectivity index (χ0n) is 11.5. The van der Waals surface area contributed by atoms with E-state index >= 15 is 0 Å². The molecule has 1 unspecified atom stereocenters. The van der Waals surface area contributed by atoms with Crippen LogP contribution in [0.5, 0.6) is 11.5 Å². The average Bonchev–Trinajstić information content (AvgIpc) is 2.40. The van der Waals surface area contributed by atoms with E-state index in [-0.39, 0.29) is 12.1 Å². The van der Waals surface area contributed by atoms with Crippen molar-refractivity contribution in [3.8, 4) is 11.5 Å². The van der Waals surface area contributed by atoms with E-state index in [4.69, 9.17) is 20.3 Å². The van der Waals surface area contributed by atoms with E-state index in [0.717, 1.165) is 12.1 Å². The van der Waals surface area contributed by atoms with E-state index in [1.54, 1.807) is 6.07 Å². The molecular weight excluding hydrogens is 244 g/mol. The van der Waals surface area contributed by atoms with E-state index in [2.05, 4.69) is 19.2 Å². The Morgan fingerprint density at radius 1 is 1.32 bits per heavy atom. The van der Waals surface area contributed by atoms with Gasteiger partial charge in [-0.25, -0.2) is 0 Å². The summed E-state index contributed by atoms with van der Waals surface area (Å²) < 4.78 is 11.0. The zero-order valence-corrected chi connectivity index (χ0v) is 11.5. The molecule has 0 saturated heterocycles. The molecular formula is C14H22N2O3. The summed E-state index contributed by atoms with van der Waals surface area (Å²) in [4.78, 5) is 0. The van der Waals surface area contributed by atoms with Gasteiger partial charge in [-0.1, -0.05) is 6.92 Å². The number of ether oxygens (including phenoxy) is 2. The number of aliphatic hydroxyl groups is 1. The summed E-state index contributed by atoms with van der Waals surface area (Å²) in [6, 6.07) is 3.65. The Hall–Kier alpha value is -1.62. The van der Waals surface area contributed by atoms with Crippen LogP contribution in [0.15, 0.2) is 12.1 Å². The van der Waals surface area contributed by atoms with Crippen molar-refractivity contribution < 1.29 is 14.6 Å². The maximum absolute atomic E-state index is 9.16. The highest BCUT2D eigenvalue weighted by molar-refractivity contribution is 5.72. The smallest absolute Gasteiger partial charge is 0.163 e. The van der Waals surface area contributed by atoms with E-state index in [1.807, 2.05) is 6.07 Å². The zero-order chi connectivity index (χ0) is 13.9. The molecule has 0 bridgehead atoms. The molecule has 1 heterocycles. The van der Waals surface area contributed by atoms with E-state index in [9.17, 15) is 0 Å². The van der Waals surface area contributed by atoms with Crippen LogP contribution in [0.2, 0.25) is 0 Å². The third kappa shape index (κ3) is 3.04. The highest BCUT2D eigenvalue weighted by Gasteiger charge is 2.23. The number of anilines is 2. The summed E-state index contributed by atoms with van der Waals surface area (Å²) >= 11 is 0. The Bertz CT molecular complexity index is 451. The molecule has 0 spiro atoms. The second kappa shape index (κ2) is 5.57. The number of aliphatic hydroxyl groups excluding tert-OH is 1. The molecule has 5 heteroatoms. The Balaban J connectivity index is 2.24. The van der Waals surface area contributed by atoms with Crippen LogP contribution in [-0.4, -0.2) is 30.5 Å². The number of hydrogen-bond donors (Lipinski definition) is 3. The van der Waals surface area contributed by atoms with Crippen LogP contribution in [0.1, 0.15) is 26.7 Å². The number of benzene rings is 1. The summed E-state index contributed by atoms with van der Waals surface area (Å²) in [5.74, 6) is 1.40. The lowest BCUT2D eigenvalue weighted by atomic mass is 9.94. The number of rotatable bonds is 5. The average molecular weight is 266 g/mol. The standard InChI is InChI=1S/C14H22N2O3/c1-3-14(2,4-5-17)16-11-9-13-12(8-10(11)15)18-6-7-19-13/h8-9,16-17H,3-7,15H2,1-2H3. The molecule has 0 fully saturated rings. The quantitative estimate of drug-likeness (QED) is 0.711. The Labute approximate surface area is 113 Å². The Kier molecular flexibility index (Phi) is 4.04. The lowest BCUT2D eigenvalue weighted by Crippen LogP contribution is -2.35. The van der Waals surface area contributed by atoms with Gasteiger partial charge in [-0.15, -0.1) is 0 Å². The highest BCUT2D eigenvalue weighted by atomic mass is 16.6. The van der Waals surface area contributed by atoms with Crippen molar-refractivity contribution in [2.24, 2.45) is 0 Å². The number of fused-ring (bicyclic) bond motifs is 1. The van der Waals surface area contributed by atoms with Crippen molar-refractivity contribution >= 4 is 11.4 Å². The third-order valence-electron chi connectivity index (χ3n) is 3.59. The first kappa shape index (κ1) is 13.8. The van der Waals surface area contributed by atoms with Gasteiger partial charge in [0.15, 0.2) is 11.5 Å². The van der Waals surface area contributed by atoms with Gasteiger partial charge in [0.25, 0.3) is 0 Å². The summed E-state index contributed by atoms with van der Waals surface area (Å²) in [5.41, 5.74) is 7.30. The molecule has 0 aliphatic carbocycles. The van der Waals surface area contributed by atoms with Gasteiger partial charge in [-0.2, -0.15) is 0 Å². The van der Waals surface area contributed by atoms with Gasteiger partial charge < -0.3 is 25.6 Å². The van der Waals surface area contributed by atoms with Crippen molar-refractivity contribution in [2.45, 2.75) is 32.2 Å². The number of nitrogen functional groups attached to an aromatic ring is 1. The topological polar surface area (TPSA) is 76.7 Å². The van der Waals surface area contributed by atoms with E-state index in [0.29, 0.717) is 36.8 Å². The Morgan fingerprint density at radius 2 is 1.95 bits per heavy atom. The summed E-state index contributed by atoms with van der Waals surface area (Å²) in [5, 5.41) is 12.6. The molecule has 0 radical (unpaired) electrons. The fourth-order valence-corrected chi connectivity index (χ4v) is 2.11. The van der Waals surface area contributed by atoms with Crippen LogP contribution in [0.3, 0.4) is 0 Å². The minimum absolute atomic E-state index is 0.141. The molecule has 106 valence electrons. The highest BCUT2D eigenvalue weighted by Crippen LogP contribution is 2.38. The molecule has 19 heavy (non-hydrogen) atoms. The SMILES string of the molecule is CCC(C)(CCO)Nc1cc2c(cc1N)OCCO2. The molecule has 0 amide bonds. The van der Waals surface area contributed by atoms with Crippen molar-refractivity contribution in [2.75, 3.05) is 30.9 Å². The van der Waals surface area contributed by atoms with Crippen LogP contribution in [0.4, 0.5) is 11.4 Å². The van der Waals surface area contributed by atoms with Crippen molar-refractivity contribution in [3.05, 3.63) is 12.1 Å². The van der Waals surface area contributed by atoms with Crippen LogP contribution in [0.25, 0.3) is 0 Å². The van der Waals surface area contributed by atoms with Crippen LogP contribution in [-0.2, 0) is 0 Å². The van der Waals surface area contributed by atoms with Crippen molar-refractivity contribution in [3.63, 3.8) is 0 Å². The van der Waals surface area contributed by atoms with Gasteiger partial charge in [0.1, 0.15) is 13.2 Å². The second-order valence-electron chi connectivity index (χ2n) is 5.10. The number of nitrogens with one attached hydrogen (secondary N) is 1. The monoisotopic (exact) mass is 266 g/mol. The molecule has 1 atom stereocenters. The normalized spacial score (nSPS) is 16.8. The number of nitrogens with two attached hydrogens (primary N) is 1. The molecule has 1 aromatic carbocycles. The van der Waals surface area contributed by atoms with Gasteiger partial charge in [0.2, 0.25) is 0 Å². The molecule has 2 rings (SSSR count). The van der Waals surface area contributed by atoms with Gasteiger partial charge in [0, 0.05) is 24.3 Å². The fraction of sp³-hybridized carbons (Fsp3) is 0.571. The van der Waals surface area contributed by atoms with E-state index < -0.39 is 0 Å². The second-order valence-corrected chi connectivity index (χ2v) is 5.10. The predicted octanol–water partition coefficient (Wildman–Crippen LogP) is 2.00. The summed E-state index contributed by atoms with van der Waals surface area (Å²) in [6.45, 7) is 5.40. The summed E-state index contributed by atoms with van der Waals surface area (Å²) in [6.07, 6.45) is 1.55. The summed E-state index contributed by atoms with van der Waals surface area (Å²) in [7, 11) is 0. The fourth-order valence-electron chi connectivity index (χ4n) is 2.11. The van der Waals surface area contributed by atoms with Gasteiger partial charge in [-0.3, -0.25) is 0 Å². The van der Waals surface area contributed by atoms with Gasteiger partial charge in [-0.05, 0) is 19.8 Å². The number of hydrogen-bond acceptors (Lipinski definition) is 5. The lowest BCUT2D eigenvalue weighted by molar-refractivity contribution is 0.172. The van der Waals surface area contributed by atoms with Gasteiger partial charge in [0.05, 0.1) is 11.4 Å². The first-order chi connectivity index (χ1) is 9.08. The van der Waals surface area contributed by atoms with E-state index in [1.165, 1.54) is 0 Å². The maximum atomic E-state index is 9.16. The molecule has 1 aromatic rings. The van der Waals surface area contributed by atoms with Crippen LogP contribution in [0, 0.1) is 0 Å². The first-order valence-electron chi connectivity index (χ1n) is 6.66. The predicted molar refractivity (Wildman–Crippen MR) is 75.9 cm³/mol. The molecule has 1 aliphatic rings. The van der Waals surface area contributed by atoms with Crippen LogP contribution >= 0.6 is 0 Å². The molecule has 1 aliphatic heterocycles. The minimum Gasteiger partial charge on any atom is -0.486 e. The van der Waals surface area contributed by atoms with Crippen molar-refractivity contribution in [1.29, 1.82) is 0 Å². The first-order valence-corrected chi connectivity index (χ1v) is 6.66. The Morgan fingerprint density at radius 3 is 2.53 bits per heavy atom. The minimum atomic E-state index is -0.188. The molecule has 0 saturated carbocycles. The molecule has 0 aromatic heterocycles. The largest absolute Gasteiger partial charge is 0.486 e. The van der Waals surface area contributed by atoms with Crippen molar-refractivity contribution in [1.82, 2.24) is 0 Å². The lowest BCUT2D eigenvalue weighted by Gasteiger charge is -2.31. The van der Waals surface area contributed by atoms with Gasteiger partial charge >= 0.3 is 0 Å². The van der Waals surface area contributed by atoms with Crippen LogP contribution < -0.4 is 20.5 Å².